The number of hydrogen-bond acceptors (Lipinski definition) is 4. The van der Waals surface area contributed by atoms with Crippen LogP contribution in [0.25, 0.3) is 0 Å². The second-order valence-electron chi connectivity index (χ2n) is 8.69. The first-order valence-electron chi connectivity index (χ1n) is 11.3. The summed E-state index contributed by atoms with van der Waals surface area (Å²) in [5, 5.41) is 8.34. The number of amides is 2. The van der Waals surface area contributed by atoms with Gasteiger partial charge < -0.3 is 20.7 Å². The number of benzene rings is 2. The number of carbonyl (C=O) groups is 2. The minimum atomic E-state index is -2.73. The maximum absolute atomic E-state index is 14.1. The summed E-state index contributed by atoms with van der Waals surface area (Å²) in [6, 6.07) is 13.0. The summed E-state index contributed by atoms with van der Waals surface area (Å²) in [7, 11) is 1.52. The van der Waals surface area contributed by atoms with Gasteiger partial charge in [0.25, 0.3) is 17.7 Å². The van der Waals surface area contributed by atoms with Gasteiger partial charge in [-0.25, -0.2) is 8.78 Å². The summed E-state index contributed by atoms with van der Waals surface area (Å²) in [4.78, 5) is 25.5. The topological polar surface area (TPSA) is 79.5 Å². The molecule has 0 aromatic heterocycles. The van der Waals surface area contributed by atoms with Crippen LogP contribution in [0.4, 0.5) is 8.78 Å². The standard InChI is InChI=1S/C25H29F2N3O3/c1-15-21(16-6-4-3-5-7-16)19-12-17(13-20(22(19)33-15)24(32)28-2)23(31)30-10-8-18-14-29-11-9-25(18,26)27/h3-7,12-13,15,18,21,29H,8-11,14H2,1-2H3,(H,28,32)(H,30,31)/t15-,18+,21+/m1/s1. The Labute approximate surface area is 192 Å². The van der Waals surface area contributed by atoms with Gasteiger partial charge in [-0.1, -0.05) is 30.3 Å². The number of rotatable bonds is 6. The van der Waals surface area contributed by atoms with E-state index in [9.17, 15) is 18.4 Å². The predicted molar refractivity (Wildman–Crippen MR) is 121 cm³/mol. The normalized spacial score (nSPS) is 23.3. The van der Waals surface area contributed by atoms with Crippen molar-refractivity contribution in [3.05, 3.63) is 64.7 Å². The van der Waals surface area contributed by atoms with Crippen LogP contribution in [-0.2, 0) is 0 Å². The molecule has 0 radical (unpaired) electrons. The molecule has 4 rings (SSSR count). The van der Waals surface area contributed by atoms with Gasteiger partial charge in [0, 0.05) is 56.1 Å². The maximum atomic E-state index is 14.1. The third-order valence-electron chi connectivity index (χ3n) is 6.52. The van der Waals surface area contributed by atoms with E-state index < -0.39 is 17.7 Å². The van der Waals surface area contributed by atoms with Crippen molar-refractivity contribution in [1.29, 1.82) is 0 Å². The first-order chi connectivity index (χ1) is 15.8. The molecule has 2 aliphatic rings. The fraction of sp³-hybridized carbons (Fsp3) is 0.440. The molecule has 0 aliphatic carbocycles. The van der Waals surface area contributed by atoms with Crippen molar-refractivity contribution in [2.24, 2.45) is 5.92 Å². The molecule has 0 unspecified atom stereocenters. The highest BCUT2D eigenvalue weighted by Crippen LogP contribution is 2.45. The molecule has 3 atom stereocenters. The molecule has 0 bridgehead atoms. The van der Waals surface area contributed by atoms with Crippen molar-refractivity contribution in [3.63, 3.8) is 0 Å². The lowest BCUT2D eigenvalue weighted by atomic mass is 9.87. The SMILES string of the molecule is CNC(=O)c1cc(C(=O)NCC[C@H]2CNCCC2(F)F)cc2c1O[C@H](C)[C@H]2c1ccccc1. The molecule has 2 amide bonds. The molecule has 1 fully saturated rings. The van der Waals surface area contributed by atoms with Crippen molar-refractivity contribution in [2.45, 2.75) is 37.7 Å². The Kier molecular flexibility index (Phi) is 6.65. The van der Waals surface area contributed by atoms with Crippen molar-refractivity contribution >= 4 is 11.8 Å². The number of alkyl halides is 2. The van der Waals surface area contributed by atoms with Gasteiger partial charge in [0.1, 0.15) is 11.9 Å². The number of halogens is 2. The van der Waals surface area contributed by atoms with E-state index in [1.807, 2.05) is 37.3 Å². The zero-order valence-corrected chi connectivity index (χ0v) is 18.8. The summed E-state index contributed by atoms with van der Waals surface area (Å²) >= 11 is 0. The van der Waals surface area contributed by atoms with E-state index in [1.165, 1.54) is 13.1 Å². The first-order valence-corrected chi connectivity index (χ1v) is 11.3. The molecule has 8 heteroatoms. The predicted octanol–water partition coefficient (Wildman–Crippen LogP) is 3.32. The van der Waals surface area contributed by atoms with E-state index in [-0.39, 0.29) is 49.4 Å². The molecule has 33 heavy (non-hydrogen) atoms. The molecule has 3 N–H and O–H groups in total. The Morgan fingerprint density at radius 1 is 1.18 bits per heavy atom. The fourth-order valence-corrected chi connectivity index (χ4v) is 4.73. The minimum Gasteiger partial charge on any atom is -0.489 e. The van der Waals surface area contributed by atoms with Gasteiger partial charge in [0.05, 0.1) is 5.56 Å². The molecule has 2 aliphatic heterocycles. The molecule has 2 aromatic rings. The highest BCUT2D eigenvalue weighted by molar-refractivity contribution is 6.02. The Bertz CT molecular complexity index is 1030. The summed E-state index contributed by atoms with van der Waals surface area (Å²) in [5.74, 6) is -3.96. The van der Waals surface area contributed by atoms with Crippen molar-refractivity contribution in [1.82, 2.24) is 16.0 Å². The van der Waals surface area contributed by atoms with Gasteiger partial charge in [0.15, 0.2) is 0 Å². The van der Waals surface area contributed by atoms with Crippen LogP contribution in [0.15, 0.2) is 42.5 Å². The second-order valence-corrected chi connectivity index (χ2v) is 8.69. The summed E-state index contributed by atoms with van der Waals surface area (Å²) < 4.78 is 34.2. The number of carbonyl (C=O) groups excluding carboxylic acids is 2. The van der Waals surface area contributed by atoms with Crippen LogP contribution in [0.1, 0.15) is 57.5 Å². The lowest BCUT2D eigenvalue weighted by Gasteiger charge is -2.31. The van der Waals surface area contributed by atoms with Crippen LogP contribution in [0, 0.1) is 5.92 Å². The van der Waals surface area contributed by atoms with E-state index in [2.05, 4.69) is 16.0 Å². The first kappa shape index (κ1) is 23.2. The third kappa shape index (κ3) is 4.71. The van der Waals surface area contributed by atoms with Gasteiger partial charge in [-0.2, -0.15) is 0 Å². The molecule has 1 saturated heterocycles. The molecule has 0 spiro atoms. The summed E-state index contributed by atoms with van der Waals surface area (Å²) in [6.45, 7) is 2.60. The Morgan fingerprint density at radius 3 is 2.64 bits per heavy atom. The van der Waals surface area contributed by atoms with Crippen molar-refractivity contribution in [2.75, 3.05) is 26.7 Å². The average molecular weight is 458 g/mol. The largest absolute Gasteiger partial charge is 0.489 e. The fourth-order valence-electron chi connectivity index (χ4n) is 4.73. The van der Waals surface area contributed by atoms with Gasteiger partial charge in [-0.15, -0.1) is 0 Å². The quantitative estimate of drug-likeness (QED) is 0.622. The van der Waals surface area contributed by atoms with Crippen LogP contribution < -0.4 is 20.7 Å². The number of ether oxygens (including phenoxy) is 1. The van der Waals surface area contributed by atoms with Gasteiger partial charge >= 0.3 is 0 Å². The van der Waals surface area contributed by atoms with Gasteiger partial charge in [0.2, 0.25) is 0 Å². The number of nitrogens with one attached hydrogen (secondary N) is 3. The molecule has 6 nitrogen and oxygen atoms in total. The highest BCUT2D eigenvalue weighted by Gasteiger charge is 2.41. The van der Waals surface area contributed by atoms with Crippen molar-refractivity contribution < 1.29 is 23.1 Å². The number of hydrogen-bond donors (Lipinski definition) is 3. The van der Waals surface area contributed by atoms with Crippen molar-refractivity contribution in [3.8, 4) is 5.75 Å². The summed E-state index contributed by atoms with van der Waals surface area (Å²) in [5.41, 5.74) is 2.38. The zero-order valence-electron chi connectivity index (χ0n) is 18.8. The molecule has 176 valence electrons. The minimum absolute atomic E-state index is 0.127. The Balaban J connectivity index is 1.58. The van der Waals surface area contributed by atoms with E-state index >= 15 is 0 Å². The van der Waals surface area contributed by atoms with E-state index in [0.717, 1.165) is 11.1 Å². The monoisotopic (exact) mass is 457 g/mol. The van der Waals surface area contributed by atoms with E-state index in [4.69, 9.17) is 4.74 Å². The van der Waals surface area contributed by atoms with E-state index in [1.54, 1.807) is 6.07 Å². The molecule has 2 aromatic carbocycles. The Morgan fingerprint density at radius 2 is 1.94 bits per heavy atom. The number of fused-ring (bicyclic) bond motifs is 1. The van der Waals surface area contributed by atoms with Crippen LogP contribution in [0.3, 0.4) is 0 Å². The van der Waals surface area contributed by atoms with Crippen LogP contribution in [0.2, 0.25) is 0 Å². The maximum Gasteiger partial charge on any atom is 0.254 e. The van der Waals surface area contributed by atoms with E-state index in [0.29, 0.717) is 17.9 Å². The molecular formula is C25H29F2N3O3. The van der Waals surface area contributed by atoms with Crippen LogP contribution >= 0.6 is 0 Å². The molecule has 2 heterocycles. The Hall–Kier alpha value is -3.00. The second kappa shape index (κ2) is 9.47. The van der Waals surface area contributed by atoms with Gasteiger partial charge in [-0.05, 0) is 31.0 Å². The third-order valence-corrected chi connectivity index (χ3v) is 6.52. The lowest BCUT2D eigenvalue weighted by molar-refractivity contribution is -0.0801. The average Bonchev–Trinajstić information content (AvgIpc) is 3.14. The number of piperidine rings is 1. The summed E-state index contributed by atoms with van der Waals surface area (Å²) in [6.07, 6.45) is -0.235. The lowest BCUT2D eigenvalue weighted by Crippen LogP contribution is -2.45. The van der Waals surface area contributed by atoms with Crippen LogP contribution in [-0.4, -0.2) is 50.5 Å². The van der Waals surface area contributed by atoms with Gasteiger partial charge in [-0.3, -0.25) is 9.59 Å². The molecule has 0 saturated carbocycles. The highest BCUT2D eigenvalue weighted by atomic mass is 19.3. The van der Waals surface area contributed by atoms with Crippen LogP contribution in [0.5, 0.6) is 5.75 Å². The smallest absolute Gasteiger partial charge is 0.254 e. The zero-order chi connectivity index (χ0) is 23.6. The molecular weight excluding hydrogens is 428 g/mol.